The van der Waals surface area contributed by atoms with Crippen LogP contribution in [0.3, 0.4) is 0 Å². The molecule has 0 radical (unpaired) electrons. The topological polar surface area (TPSA) is 70.7 Å². The minimum Gasteiger partial charge on any atom is -0.321 e. The van der Waals surface area contributed by atoms with Gasteiger partial charge in [0.05, 0.1) is 11.4 Å². The van der Waals surface area contributed by atoms with Crippen molar-refractivity contribution < 1.29 is 9.18 Å². The van der Waals surface area contributed by atoms with E-state index in [4.69, 9.17) is 0 Å². The molecule has 0 aliphatic rings. The van der Waals surface area contributed by atoms with E-state index in [1.807, 2.05) is 45.0 Å². The highest BCUT2D eigenvalue weighted by molar-refractivity contribution is 6.10. The van der Waals surface area contributed by atoms with Crippen molar-refractivity contribution in [1.29, 1.82) is 5.26 Å². The number of rotatable bonds is 4. The summed E-state index contributed by atoms with van der Waals surface area (Å²) in [6, 6.07) is 13.7. The predicted octanol–water partition coefficient (Wildman–Crippen LogP) is 4.79. The largest absolute Gasteiger partial charge is 0.321 e. The summed E-state index contributed by atoms with van der Waals surface area (Å²) in [6.07, 6.45) is 1.54. The van der Waals surface area contributed by atoms with Gasteiger partial charge in [-0.1, -0.05) is 18.2 Å². The van der Waals surface area contributed by atoms with Gasteiger partial charge >= 0.3 is 0 Å². The number of nitriles is 1. The molecule has 3 rings (SSSR count). The number of hydrogen-bond acceptors (Lipinski definition) is 3. The van der Waals surface area contributed by atoms with Crippen LogP contribution in [0.4, 0.5) is 10.1 Å². The summed E-state index contributed by atoms with van der Waals surface area (Å²) in [7, 11) is 0. The van der Waals surface area contributed by atoms with Crippen molar-refractivity contribution in [3.05, 3.63) is 81.9 Å². The Morgan fingerprint density at radius 1 is 1.10 bits per heavy atom. The molecular weight excluding hydrogens is 367 g/mol. The molecule has 1 heterocycles. The third kappa shape index (κ3) is 4.09. The molecule has 0 saturated heterocycles. The highest BCUT2D eigenvalue weighted by Crippen LogP contribution is 2.23. The quantitative estimate of drug-likeness (QED) is 0.516. The Kier molecular flexibility index (Phi) is 5.60. The van der Waals surface area contributed by atoms with E-state index >= 15 is 0 Å². The second-order valence-corrected chi connectivity index (χ2v) is 6.86. The van der Waals surface area contributed by atoms with Crippen LogP contribution >= 0.6 is 0 Å². The van der Waals surface area contributed by atoms with E-state index in [1.165, 1.54) is 12.1 Å². The second kappa shape index (κ2) is 8.11. The van der Waals surface area contributed by atoms with E-state index in [-0.39, 0.29) is 11.4 Å². The zero-order chi connectivity index (χ0) is 21.1. The maximum Gasteiger partial charge on any atom is 0.266 e. The van der Waals surface area contributed by atoms with Crippen molar-refractivity contribution in [2.75, 3.05) is 5.32 Å². The lowest BCUT2D eigenvalue weighted by Crippen LogP contribution is -2.15. The number of nitrogens with one attached hydrogen (secondary N) is 1. The molecule has 146 valence electrons. The number of hydrogen-bond donors (Lipinski definition) is 1. The van der Waals surface area contributed by atoms with E-state index in [1.54, 1.807) is 29.8 Å². The monoisotopic (exact) mass is 388 g/mol. The molecule has 1 N–H and O–H groups in total. The minimum absolute atomic E-state index is 0.0162. The van der Waals surface area contributed by atoms with Gasteiger partial charge in [-0.15, -0.1) is 0 Å². The average Bonchev–Trinajstić information content (AvgIpc) is 2.97. The van der Waals surface area contributed by atoms with E-state index in [9.17, 15) is 14.4 Å². The van der Waals surface area contributed by atoms with Gasteiger partial charge in [-0.25, -0.2) is 9.07 Å². The lowest BCUT2D eigenvalue weighted by molar-refractivity contribution is -0.112. The van der Waals surface area contributed by atoms with Crippen LogP contribution in [0, 0.1) is 44.8 Å². The number of carbonyl (C=O) groups is 1. The van der Waals surface area contributed by atoms with Gasteiger partial charge in [0.2, 0.25) is 0 Å². The Morgan fingerprint density at radius 2 is 1.72 bits per heavy atom. The van der Waals surface area contributed by atoms with E-state index in [0.717, 1.165) is 16.8 Å². The molecule has 0 saturated carbocycles. The smallest absolute Gasteiger partial charge is 0.266 e. The van der Waals surface area contributed by atoms with Crippen LogP contribution in [0.1, 0.15) is 28.1 Å². The fourth-order valence-corrected chi connectivity index (χ4v) is 3.18. The zero-order valence-corrected chi connectivity index (χ0v) is 16.7. The van der Waals surface area contributed by atoms with Crippen molar-refractivity contribution in [2.45, 2.75) is 27.7 Å². The molecule has 0 fully saturated rings. The summed E-state index contributed by atoms with van der Waals surface area (Å²) in [6.45, 7) is 7.45. The first-order chi connectivity index (χ1) is 13.8. The molecule has 2 aromatic carbocycles. The van der Waals surface area contributed by atoms with E-state index < -0.39 is 5.91 Å². The summed E-state index contributed by atoms with van der Waals surface area (Å²) in [5.74, 6) is -0.802. The molecule has 3 aromatic rings. The van der Waals surface area contributed by atoms with E-state index in [0.29, 0.717) is 22.6 Å². The molecular formula is C23H21FN4O. The predicted molar refractivity (Wildman–Crippen MR) is 111 cm³/mol. The number of amides is 1. The van der Waals surface area contributed by atoms with Crippen molar-refractivity contribution in [2.24, 2.45) is 0 Å². The third-order valence-corrected chi connectivity index (χ3v) is 4.79. The Morgan fingerprint density at radius 3 is 2.31 bits per heavy atom. The Bertz CT molecular complexity index is 1130. The van der Waals surface area contributed by atoms with Gasteiger partial charge in [0.25, 0.3) is 5.91 Å². The van der Waals surface area contributed by atoms with Crippen LogP contribution in [0.25, 0.3) is 11.8 Å². The standard InChI is InChI=1S/C23H21FN4O/c1-14-6-5-7-15(2)22(14)26-23(29)18(13-25)12-21-16(3)27-28(17(21)4)20-10-8-19(24)9-11-20/h5-12H,1-4H3,(H,26,29). The third-order valence-electron chi connectivity index (χ3n) is 4.79. The maximum absolute atomic E-state index is 13.2. The van der Waals surface area contributed by atoms with Gasteiger partial charge < -0.3 is 5.32 Å². The highest BCUT2D eigenvalue weighted by Gasteiger charge is 2.16. The molecule has 0 atom stereocenters. The lowest BCUT2D eigenvalue weighted by Gasteiger charge is -2.11. The summed E-state index contributed by atoms with van der Waals surface area (Å²) in [5, 5.41) is 16.9. The number of aromatic nitrogens is 2. The molecule has 29 heavy (non-hydrogen) atoms. The number of benzene rings is 2. The molecule has 0 spiro atoms. The SMILES string of the molecule is Cc1cccc(C)c1NC(=O)C(C#N)=Cc1c(C)nn(-c2ccc(F)cc2)c1C. The van der Waals surface area contributed by atoms with Crippen molar-refractivity contribution in [3.8, 4) is 11.8 Å². The first-order valence-electron chi connectivity index (χ1n) is 9.13. The Balaban J connectivity index is 1.96. The van der Waals surface area contributed by atoms with Gasteiger partial charge in [0.1, 0.15) is 17.5 Å². The van der Waals surface area contributed by atoms with Gasteiger partial charge in [-0.3, -0.25) is 4.79 Å². The number of anilines is 1. The number of para-hydroxylation sites is 1. The van der Waals surface area contributed by atoms with Gasteiger partial charge in [0.15, 0.2) is 0 Å². The van der Waals surface area contributed by atoms with Gasteiger partial charge in [0, 0.05) is 16.9 Å². The van der Waals surface area contributed by atoms with Gasteiger partial charge in [-0.2, -0.15) is 10.4 Å². The normalized spacial score (nSPS) is 11.2. The molecule has 5 nitrogen and oxygen atoms in total. The Labute approximate surface area is 169 Å². The number of halogens is 1. The zero-order valence-electron chi connectivity index (χ0n) is 16.7. The van der Waals surface area contributed by atoms with Crippen LogP contribution in [-0.4, -0.2) is 15.7 Å². The van der Waals surface area contributed by atoms with Crippen LogP contribution in [0.2, 0.25) is 0 Å². The first kappa shape index (κ1) is 20.0. The average molecular weight is 388 g/mol. The number of carbonyl (C=O) groups excluding carboxylic acids is 1. The molecule has 0 unspecified atom stereocenters. The van der Waals surface area contributed by atoms with Crippen LogP contribution < -0.4 is 5.32 Å². The molecule has 1 amide bonds. The van der Waals surface area contributed by atoms with E-state index in [2.05, 4.69) is 10.4 Å². The van der Waals surface area contributed by atoms with Crippen LogP contribution in [0.5, 0.6) is 0 Å². The fraction of sp³-hybridized carbons (Fsp3) is 0.174. The van der Waals surface area contributed by atoms with Crippen molar-refractivity contribution in [3.63, 3.8) is 0 Å². The Hall–Kier alpha value is -3.72. The fourth-order valence-electron chi connectivity index (χ4n) is 3.18. The number of nitrogens with zero attached hydrogens (tertiary/aromatic N) is 3. The number of aryl methyl sites for hydroxylation is 3. The second-order valence-electron chi connectivity index (χ2n) is 6.86. The van der Waals surface area contributed by atoms with Crippen molar-refractivity contribution >= 4 is 17.7 Å². The van der Waals surface area contributed by atoms with Crippen molar-refractivity contribution in [1.82, 2.24) is 9.78 Å². The van der Waals surface area contributed by atoms with Crippen LogP contribution in [-0.2, 0) is 4.79 Å². The summed E-state index contributed by atoms with van der Waals surface area (Å²) in [4.78, 5) is 12.7. The lowest BCUT2D eigenvalue weighted by atomic mass is 10.1. The minimum atomic E-state index is -0.474. The molecule has 1 aromatic heterocycles. The van der Waals surface area contributed by atoms with Gasteiger partial charge in [-0.05, 0) is 69.2 Å². The summed E-state index contributed by atoms with van der Waals surface area (Å²) >= 11 is 0. The molecule has 0 aliphatic carbocycles. The molecule has 6 heteroatoms. The highest BCUT2D eigenvalue weighted by atomic mass is 19.1. The molecule has 0 aliphatic heterocycles. The molecule has 0 bridgehead atoms. The van der Waals surface area contributed by atoms with Crippen LogP contribution in [0.15, 0.2) is 48.0 Å². The first-order valence-corrected chi connectivity index (χ1v) is 9.13. The summed E-state index contributed by atoms with van der Waals surface area (Å²) < 4.78 is 14.9. The summed E-state index contributed by atoms with van der Waals surface area (Å²) in [5.41, 5.74) is 5.33. The maximum atomic E-state index is 13.2.